The van der Waals surface area contributed by atoms with Crippen molar-refractivity contribution in [1.29, 1.82) is 0 Å². The van der Waals surface area contributed by atoms with Crippen LogP contribution in [-0.2, 0) is 13.0 Å². The summed E-state index contributed by atoms with van der Waals surface area (Å²) in [5.41, 5.74) is 4.76. The molecule has 1 unspecified atom stereocenters. The Morgan fingerprint density at radius 1 is 1.07 bits per heavy atom. The number of amides is 1. The number of nitrogens with zero attached hydrogens (tertiary/aromatic N) is 3. The van der Waals surface area contributed by atoms with Gasteiger partial charge in [0.2, 0.25) is 0 Å². The molecule has 3 aromatic rings. The number of hydrogen-bond donors (Lipinski definition) is 1. The van der Waals surface area contributed by atoms with E-state index < -0.39 is 0 Å². The first-order valence-electron chi connectivity index (χ1n) is 10.1. The number of aromatic nitrogens is 3. The molecular weight excluding hydrogens is 348 g/mol. The molecule has 0 radical (unpaired) electrons. The monoisotopic (exact) mass is 378 g/mol. The van der Waals surface area contributed by atoms with Crippen molar-refractivity contribution < 1.29 is 4.79 Å². The van der Waals surface area contributed by atoms with E-state index in [1.807, 2.05) is 29.8 Å². The summed E-state index contributed by atoms with van der Waals surface area (Å²) in [4.78, 5) is 12.9. The molecule has 148 valence electrons. The summed E-state index contributed by atoms with van der Waals surface area (Å²) in [6.45, 7) is 11.5. The van der Waals surface area contributed by atoms with Gasteiger partial charge in [-0.1, -0.05) is 57.2 Å². The first-order valence-corrected chi connectivity index (χ1v) is 10.1. The van der Waals surface area contributed by atoms with Gasteiger partial charge in [-0.2, -0.15) is 0 Å². The van der Waals surface area contributed by atoms with Crippen molar-refractivity contribution in [3.63, 3.8) is 0 Å². The lowest BCUT2D eigenvalue weighted by Crippen LogP contribution is -2.31. The number of aryl methyl sites for hydroxylation is 1. The van der Waals surface area contributed by atoms with E-state index in [0.717, 1.165) is 29.6 Å². The fourth-order valence-corrected chi connectivity index (χ4v) is 3.54. The Balaban J connectivity index is 1.79. The molecule has 28 heavy (non-hydrogen) atoms. The highest BCUT2D eigenvalue weighted by atomic mass is 16.1. The molecule has 3 rings (SSSR count). The lowest BCUT2D eigenvalue weighted by atomic mass is 9.93. The molecule has 1 heterocycles. The number of benzene rings is 2. The van der Waals surface area contributed by atoms with Crippen molar-refractivity contribution in [1.82, 2.24) is 20.3 Å². The molecule has 0 saturated heterocycles. The van der Waals surface area contributed by atoms with Crippen molar-refractivity contribution >= 4 is 16.9 Å². The van der Waals surface area contributed by atoms with Gasteiger partial charge in [0.1, 0.15) is 5.52 Å². The van der Waals surface area contributed by atoms with Gasteiger partial charge in [0.05, 0.1) is 11.6 Å². The highest BCUT2D eigenvalue weighted by Gasteiger charge is 2.20. The predicted octanol–water partition coefficient (Wildman–Crippen LogP) is 4.78. The second-order valence-electron chi connectivity index (χ2n) is 8.14. The normalized spacial score (nSPS) is 12.7. The van der Waals surface area contributed by atoms with Gasteiger partial charge in [0.25, 0.3) is 5.91 Å². The van der Waals surface area contributed by atoms with Crippen LogP contribution in [0.4, 0.5) is 0 Å². The molecule has 0 bridgehead atoms. The van der Waals surface area contributed by atoms with Crippen LogP contribution in [0, 0.1) is 11.8 Å². The molecule has 0 aliphatic carbocycles. The van der Waals surface area contributed by atoms with Crippen molar-refractivity contribution in [2.45, 2.75) is 53.6 Å². The molecule has 1 N–H and O–H groups in total. The van der Waals surface area contributed by atoms with Crippen LogP contribution in [0.25, 0.3) is 11.0 Å². The molecular formula is C23H30N4O. The van der Waals surface area contributed by atoms with Crippen LogP contribution in [0.1, 0.15) is 62.1 Å². The summed E-state index contributed by atoms with van der Waals surface area (Å²) in [7, 11) is 0. The van der Waals surface area contributed by atoms with Gasteiger partial charge >= 0.3 is 0 Å². The van der Waals surface area contributed by atoms with Crippen LogP contribution in [-0.4, -0.2) is 20.9 Å². The topological polar surface area (TPSA) is 59.8 Å². The Bertz CT molecular complexity index is 941. The maximum Gasteiger partial charge on any atom is 0.251 e. The lowest BCUT2D eigenvalue weighted by molar-refractivity contribution is 0.0925. The van der Waals surface area contributed by atoms with Gasteiger partial charge in [-0.3, -0.25) is 4.79 Å². The summed E-state index contributed by atoms with van der Waals surface area (Å²) in [6, 6.07) is 14.2. The third-order valence-corrected chi connectivity index (χ3v) is 5.01. The number of rotatable bonds is 7. The SMILES string of the molecule is CCn1nnc2cc(C(=O)NC(c3ccc(CC(C)C)cc3)C(C)C)ccc21. The Hall–Kier alpha value is -2.69. The molecule has 0 aliphatic heterocycles. The molecule has 0 aliphatic rings. The second kappa shape index (κ2) is 8.55. The third-order valence-electron chi connectivity index (χ3n) is 5.01. The Kier molecular flexibility index (Phi) is 6.12. The third kappa shape index (κ3) is 4.41. The quantitative estimate of drug-likeness (QED) is 0.644. The Morgan fingerprint density at radius 2 is 1.79 bits per heavy atom. The standard InChI is InChI=1S/C23H30N4O/c1-6-27-21-12-11-19(14-20(21)25-26-27)23(28)24-22(16(4)5)18-9-7-17(8-10-18)13-15(2)3/h7-12,14-16,22H,6,13H2,1-5H3,(H,24,28). The molecule has 0 spiro atoms. The number of carbonyl (C=O) groups is 1. The zero-order valence-corrected chi connectivity index (χ0v) is 17.4. The van der Waals surface area contributed by atoms with Gasteiger partial charge in [-0.05, 0) is 54.5 Å². The number of fused-ring (bicyclic) bond motifs is 1. The average molecular weight is 379 g/mol. The minimum absolute atomic E-state index is 0.0392. The van der Waals surface area contributed by atoms with E-state index in [4.69, 9.17) is 0 Å². The summed E-state index contributed by atoms with van der Waals surface area (Å²) in [5, 5.41) is 11.5. The first-order chi connectivity index (χ1) is 13.4. The van der Waals surface area contributed by atoms with E-state index >= 15 is 0 Å². The van der Waals surface area contributed by atoms with Crippen LogP contribution >= 0.6 is 0 Å². The van der Waals surface area contributed by atoms with E-state index in [0.29, 0.717) is 11.5 Å². The van der Waals surface area contributed by atoms with Gasteiger partial charge < -0.3 is 5.32 Å². The number of carbonyl (C=O) groups excluding carboxylic acids is 1. The number of hydrogen-bond acceptors (Lipinski definition) is 3. The second-order valence-corrected chi connectivity index (χ2v) is 8.14. The largest absolute Gasteiger partial charge is 0.345 e. The maximum atomic E-state index is 12.9. The van der Waals surface area contributed by atoms with E-state index in [1.54, 1.807) is 0 Å². The summed E-state index contributed by atoms with van der Waals surface area (Å²) >= 11 is 0. The van der Waals surface area contributed by atoms with Crippen molar-refractivity contribution in [3.8, 4) is 0 Å². The molecule has 0 fully saturated rings. The first kappa shape index (κ1) is 20.1. The molecule has 1 amide bonds. The van der Waals surface area contributed by atoms with E-state index in [1.165, 1.54) is 5.56 Å². The molecule has 5 heteroatoms. The zero-order valence-electron chi connectivity index (χ0n) is 17.4. The lowest BCUT2D eigenvalue weighted by Gasteiger charge is -2.23. The maximum absolute atomic E-state index is 12.9. The van der Waals surface area contributed by atoms with Crippen LogP contribution in [0.5, 0.6) is 0 Å². The van der Waals surface area contributed by atoms with Crippen LogP contribution < -0.4 is 5.32 Å². The summed E-state index contributed by atoms with van der Waals surface area (Å²) in [6.07, 6.45) is 1.07. The predicted molar refractivity (Wildman–Crippen MR) is 113 cm³/mol. The van der Waals surface area contributed by atoms with Crippen LogP contribution in [0.3, 0.4) is 0 Å². The van der Waals surface area contributed by atoms with Gasteiger partial charge in [0.15, 0.2) is 0 Å². The zero-order chi connectivity index (χ0) is 20.3. The fourth-order valence-electron chi connectivity index (χ4n) is 3.54. The minimum atomic E-state index is -0.0853. The summed E-state index contributed by atoms with van der Waals surface area (Å²) < 4.78 is 1.83. The van der Waals surface area contributed by atoms with Crippen molar-refractivity contribution in [3.05, 3.63) is 59.2 Å². The molecule has 5 nitrogen and oxygen atoms in total. The Morgan fingerprint density at radius 3 is 2.39 bits per heavy atom. The van der Waals surface area contributed by atoms with E-state index in [9.17, 15) is 4.79 Å². The van der Waals surface area contributed by atoms with Gasteiger partial charge in [-0.25, -0.2) is 4.68 Å². The minimum Gasteiger partial charge on any atom is -0.345 e. The van der Waals surface area contributed by atoms with Crippen LogP contribution in [0.15, 0.2) is 42.5 Å². The highest BCUT2D eigenvalue weighted by molar-refractivity contribution is 5.97. The smallest absolute Gasteiger partial charge is 0.251 e. The Labute approximate surface area is 167 Å². The molecule has 0 saturated carbocycles. The van der Waals surface area contributed by atoms with Gasteiger partial charge in [-0.15, -0.1) is 5.10 Å². The van der Waals surface area contributed by atoms with E-state index in [-0.39, 0.29) is 17.9 Å². The molecule has 2 aromatic carbocycles. The van der Waals surface area contributed by atoms with Crippen molar-refractivity contribution in [2.24, 2.45) is 11.8 Å². The molecule has 1 atom stereocenters. The highest BCUT2D eigenvalue weighted by Crippen LogP contribution is 2.24. The summed E-state index contributed by atoms with van der Waals surface area (Å²) in [5.74, 6) is 0.828. The van der Waals surface area contributed by atoms with Gasteiger partial charge in [0, 0.05) is 12.1 Å². The van der Waals surface area contributed by atoms with Crippen LogP contribution in [0.2, 0.25) is 0 Å². The van der Waals surface area contributed by atoms with E-state index in [2.05, 4.69) is 67.6 Å². The number of nitrogens with one attached hydrogen (secondary N) is 1. The average Bonchev–Trinajstić information content (AvgIpc) is 3.08. The van der Waals surface area contributed by atoms with Crippen molar-refractivity contribution in [2.75, 3.05) is 0 Å². The molecule has 1 aromatic heterocycles. The fraction of sp³-hybridized carbons (Fsp3) is 0.435.